The molecule has 1 aromatic rings. The smallest absolute Gasteiger partial charge is 0.134 e. The lowest BCUT2D eigenvalue weighted by atomic mass is 10.3. The molecule has 0 bridgehead atoms. The zero-order valence-electron chi connectivity index (χ0n) is 12.7. The van der Waals surface area contributed by atoms with E-state index in [0.29, 0.717) is 12.7 Å². The standard InChI is InChI=1S/C15H23Br2NO3/c1-11(2)20-7-4-5-18-6-8-21-15-10-12(16)14(19-3)9-13(15)17/h9-11,18H,4-8H2,1-3H3. The van der Waals surface area contributed by atoms with Gasteiger partial charge in [-0.15, -0.1) is 0 Å². The van der Waals surface area contributed by atoms with Gasteiger partial charge in [-0.3, -0.25) is 0 Å². The van der Waals surface area contributed by atoms with Crippen molar-refractivity contribution in [3.05, 3.63) is 21.1 Å². The van der Waals surface area contributed by atoms with Crippen molar-refractivity contribution in [2.75, 3.05) is 33.4 Å². The molecule has 4 nitrogen and oxygen atoms in total. The van der Waals surface area contributed by atoms with Crippen molar-refractivity contribution in [1.29, 1.82) is 0 Å². The predicted molar refractivity (Wildman–Crippen MR) is 92.5 cm³/mol. The molecule has 1 N–H and O–H groups in total. The van der Waals surface area contributed by atoms with Crippen LogP contribution in [0.2, 0.25) is 0 Å². The Labute approximate surface area is 143 Å². The highest BCUT2D eigenvalue weighted by molar-refractivity contribution is 9.11. The lowest BCUT2D eigenvalue weighted by Crippen LogP contribution is -2.23. The Morgan fingerprint density at radius 2 is 1.71 bits per heavy atom. The minimum atomic E-state index is 0.305. The molecule has 0 spiro atoms. The van der Waals surface area contributed by atoms with Crippen molar-refractivity contribution in [2.45, 2.75) is 26.4 Å². The van der Waals surface area contributed by atoms with Gasteiger partial charge in [0, 0.05) is 13.2 Å². The Bertz CT molecular complexity index is 428. The minimum Gasteiger partial charge on any atom is -0.496 e. The fraction of sp³-hybridized carbons (Fsp3) is 0.600. The van der Waals surface area contributed by atoms with E-state index < -0.39 is 0 Å². The summed E-state index contributed by atoms with van der Waals surface area (Å²) in [6.07, 6.45) is 1.31. The second-order valence-corrected chi connectivity index (χ2v) is 6.50. The highest BCUT2D eigenvalue weighted by atomic mass is 79.9. The molecule has 0 heterocycles. The summed E-state index contributed by atoms with van der Waals surface area (Å²) in [5.74, 6) is 1.57. The third kappa shape index (κ3) is 7.49. The molecule has 0 aromatic heterocycles. The van der Waals surface area contributed by atoms with Crippen molar-refractivity contribution in [3.8, 4) is 11.5 Å². The maximum absolute atomic E-state index is 5.74. The average molecular weight is 425 g/mol. The largest absolute Gasteiger partial charge is 0.496 e. The van der Waals surface area contributed by atoms with E-state index >= 15 is 0 Å². The van der Waals surface area contributed by atoms with Crippen LogP contribution in [-0.4, -0.2) is 39.5 Å². The molecule has 0 saturated carbocycles. The Morgan fingerprint density at radius 3 is 2.38 bits per heavy atom. The first kappa shape index (κ1) is 18.7. The molecule has 1 aromatic carbocycles. The van der Waals surface area contributed by atoms with E-state index in [1.165, 1.54) is 0 Å². The second-order valence-electron chi connectivity index (χ2n) is 4.79. The molecule has 0 fully saturated rings. The molecule has 120 valence electrons. The van der Waals surface area contributed by atoms with E-state index in [1.807, 2.05) is 26.0 Å². The van der Waals surface area contributed by atoms with Crippen LogP contribution in [0.3, 0.4) is 0 Å². The van der Waals surface area contributed by atoms with Crippen molar-refractivity contribution in [3.63, 3.8) is 0 Å². The third-order valence-electron chi connectivity index (χ3n) is 2.69. The molecule has 0 unspecified atom stereocenters. The summed E-state index contributed by atoms with van der Waals surface area (Å²) in [5, 5.41) is 3.33. The molecular weight excluding hydrogens is 402 g/mol. The Morgan fingerprint density at radius 1 is 1.05 bits per heavy atom. The van der Waals surface area contributed by atoms with Gasteiger partial charge in [-0.1, -0.05) is 0 Å². The van der Waals surface area contributed by atoms with E-state index in [1.54, 1.807) is 7.11 Å². The summed E-state index contributed by atoms with van der Waals surface area (Å²) in [6, 6.07) is 3.79. The highest BCUT2D eigenvalue weighted by Gasteiger charge is 2.07. The van der Waals surface area contributed by atoms with E-state index in [4.69, 9.17) is 14.2 Å². The maximum Gasteiger partial charge on any atom is 0.134 e. The van der Waals surface area contributed by atoms with Gasteiger partial charge in [0.05, 0.1) is 22.2 Å². The Kier molecular flexibility index (Phi) is 9.31. The van der Waals surface area contributed by atoms with Gasteiger partial charge in [-0.25, -0.2) is 0 Å². The van der Waals surface area contributed by atoms with Gasteiger partial charge < -0.3 is 19.5 Å². The lowest BCUT2D eigenvalue weighted by Gasteiger charge is -2.12. The van der Waals surface area contributed by atoms with Crippen molar-refractivity contribution in [2.24, 2.45) is 0 Å². The van der Waals surface area contributed by atoms with Gasteiger partial charge in [0.15, 0.2) is 0 Å². The molecule has 0 aliphatic carbocycles. The summed E-state index contributed by atoms with van der Waals surface area (Å²) in [7, 11) is 1.64. The van der Waals surface area contributed by atoms with Crippen LogP contribution in [0, 0.1) is 0 Å². The first-order chi connectivity index (χ1) is 10.0. The Hall–Kier alpha value is -0.300. The van der Waals surface area contributed by atoms with Gasteiger partial charge in [0.25, 0.3) is 0 Å². The molecule has 6 heteroatoms. The third-order valence-corrected chi connectivity index (χ3v) is 3.93. The fourth-order valence-electron chi connectivity index (χ4n) is 1.65. The van der Waals surface area contributed by atoms with Gasteiger partial charge in [0.1, 0.15) is 18.1 Å². The topological polar surface area (TPSA) is 39.7 Å². The first-order valence-corrected chi connectivity index (χ1v) is 8.61. The minimum absolute atomic E-state index is 0.305. The van der Waals surface area contributed by atoms with Gasteiger partial charge in [-0.2, -0.15) is 0 Å². The van der Waals surface area contributed by atoms with Gasteiger partial charge in [0.2, 0.25) is 0 Å². The SMILES string of the molecule is COc1cc(Br)c(OCCNCCCOC(C)C)cc1Br. The van der Waals surface area contributed by atoms with E-state index in [2.05, 4.69) is 37.2 Å². The average Bonchev–Trinajstić information content (AvgIpc) is 2.44. The molecule has 0 aliphatic rings. The summed E-state index contributed by atoms with van der Waals surface area (Å²) in [5.41, 5.74) is 0. The predicted octanol–water partition coefficient (Wildman–Crippen LogP) is 4.00. The van der Waals surface area contributed by atoms with Gasteiger partial charge >= 0.3 is 0 Å². The summed E-state index contributed by atoms with van der Waals surface area (Å²) < 4.78 is 18.2. The summed E-state index contributed by atoms with van der Waals surface area (Å²) >= 11 is 6.93. The first-order valence-electron chi connectivity index (χ1n) is 7.02. The molecule has 0 atom stereocenters. The van der Waals surface area contributed by atoms with E-state index in [0.717, 1.165) is 46.6 Å². The number of ether oxygens (including phenoxy) is 3. The van der Waals surface area contributed by atoms with Crippen LogP contribution in [0.4, 0.5) is 0 Å². The monoisotopic (exact) mass is 423 g/mol. The van der Waals surface area contributed by atoms with Crippen LogP contribution in [0.1, 0.15) is 20.3 Å². The zero-order chi connectivity index (χ0) is 15.7. The summed E-state index contributed by atoms with van der Waals surface area (Å²) in [6.45, 7) is 7.24. The van der Waals surface area contributed by atoms with Crippen LogP contribution in [0.25, 0.3) is 0 Å². The van der Waals surface area contributed by atoms with Crippen LogP contribution in [0.5, 0.6) is 11.5 Å². The molecule has 21 heavy (non-hydrogen) atoms. The number of hydrogen-bond acceptors (Lipinski definition) is 4. The van der Waals surface area contributed by atoms with Gasteiger partial charge in [-0.05, 0) is 70.8 Å². The molecule has 1 rings (SSSR count). The van der Waals surface area contributed by atoms with Crippen LogP contribution >= 0.6 is 31.9 Å². The highest BCUT2D eigenvalue weighted by Crippen LogP contribution is 2.35. The number of benzene rings is 1. The summed E-state index contributed by atoms with van der Waals surface area (Å²) in [4.78, 5) is 0. The number of nitrogens with one attached hydrogen (secondary N) is 1. The van der Waals surface area contributed by atoms with Crippen molar-refractivity contribution >= 4 is 31.9 Å². The second kappa shape index (κ2) is 10.4. The molecule has 0 amide bonds. The molecular formula is C15H23Br2NO3. The normalized spacial score (nSPS) is 11.0. The molecule has 0 radical (unpaired) electrons. The van der Waals surface area contributed by atoms with E-state index in [-0.39, 0.29) is 0 Å². The van der Waals surface area contributed by atoms with E-state index in [9.17, 15) is 0 Å². The Balaban J connectivity index is 2.20. The molecule has 0 saturated heterocycles. The van der Waals surface area contributed by atoms with Crippen LogP contribution in [0.15, 0.2) is 21.1 Å². The van der Waals surface area contributed by atoms with Crippen LogP contribution in [-0.2, 0) is 4.74 Å². The van der Waals surface area contributed by atoms with Crippen molar-refractivity contribution < 1.29 is 14.2 Å². The molecule has 0 aliphatic heterocycles. The number of rotatable bonds is 10. The fourth-order valence-corrected chi connectivity index (χ4v) is 2.57. The maximum atomic E-state index is 5.74. The zero-order valence-corrected chi connectivity index (χ0v) is 15.9. The van der Waals surface area contributed by atoms with Crippen molar-refractivity contribution in [1.82, 2.24) is 5.32 Å². The quantitative estimate of drug-likeness (QED) is 0.576. The number of hydrogen-bond donors (Lipinski definition) is 1. The number of halogens is 2. The lowest BCUT2D eigenvalue weighted by molar-refractivity contribution is 0.0770. The number of methoxy groups -OCH3 is 1. The van der Waals surface area contributed by atoms with Crippen LogP contribution < -0.4 is 14.8 Å².